The standard InChI is InChI=1S/C25H25N3O6S/c1-3-34-22-12-8-21(9-13-22)25(31)28-27-24(30)20-6-4-18(5-7-20)16-26-35(32,33)23-14-10-19(11-15-23)17(2)29/h4-15,26H,3,16H2,1-2H3,(H,27,30)(H,28,31). The normalized spacial score (nSPS) is 10.9. The fraction of sp³-hybridized carbons (Fsp3) is 0.160. The Balaban J connectivity index is 1.52. The summed E-state index contributed by atoms with van der Waals surface area (Å²) in [6, 6.07) is 18.4. The first kappa shape index (κ1) is 25.6. The highest BCUT2D eigenvalue weighted by Crippen LogP contribution is 2.13. The summed E-state index contributed by atoms with van der Waals surface area (Å²) in [4.78, 5) is 35.9. The van der Waals surface area contributed by atoms with Crippen LogP contribution in [-0.4, -0.2) is 32.6 Å². The molecule has 0 radical (unpaired) electrons. The fourth-order valence-electron chi connectivity index (χ4n) is 3.03. The van der Waals surface area contributed by atoms with E-state index in [1.807, 2.05) is 6.92 Å². The molecule has 35 heavy (non-hydrogen) atoms. The van der Waals surface area contributed by atoms with Crippen molar-refractivity contribution in [1.82, 2.24) is 15.6 Å². The average Bonchev–Trinajstić information content (AvgIpc) is 2.87. The van der Waals surface area contributed by atoms with Gasteiger partial charge in [-0.05, 0) is 67.9 Å². The van der Waals surface area contributed by atoms with E-state index in [1.165, 1.54) is 43.3 Å². The van der Waals surface area contributed by atoms with Crippen LogP contribution < -0.4 is 20.3 Å². The molecular formula is C25H25N3O6S. The van der Waals surface area contributed by atoms with Gasteiger partial charge < -0.3 is 4.74 Å². The Morgan fingerprint density at radius 3 is 1.71 bits per heavy atom. The summed E-state index contributed by atoms with van der Waals surface area (Å²) in [7, 11) is -3.77. The molecule has 3 aromatic carbocycles. The van der Waals surface area contributed by atoms with Crippen LogP contribution in [0.1, 0.15) is 50.5 Å². The lowest BCUT2D eigenvalue weighted by molar-refractivity contribution is 0.0846. The maximum atomic E-state index is 12.5. The molecular weight excluding hydrogens is 470 g/mol. The molecule has 9 nitrogen and oxygen atoms in total. The van der Waals surface area contributed by atoms with Crippen molar-refractivity contribution in [2.75, 3.05) is 6.61 Å². The number of Topliss-reactive ketones (excluding diaryl/α,β-unsaturated/α-hetero) is 1. The zero-order valence-corrected chi connectivity index (χ0v) is 20.0. The molecule has 2 amide bonds. The lowest BCUT2D eigenvalue weighted by atomic mass is 10.1. The quantitative estimate of drug-likeness (QED) is 0.309. The largest absolute Gasteiger partial charge is 0.494 e. The lowest BCUT2D eigenvalue weighted by Crippen LogP contribution is -2.41. The minimum atomic E-state index is -3.77. The van der Waals surface area contributed by atoms with Crippen molar-refractivity contribution in [2.24, 2.45) is 0 Å². The van der Waals surface area contributed by atoms with Crippen molar-refractivity contribution < 1.29 is 27.5 Å². The third kappa shape index (κ3) is 6.98. The minimum Gasteiger partial charge on any atom is -0.494 e. The Labute approximate surface area is 203 Å². The maximum Gasteiger partial charge on any atom is 0.269 e. The van der Waals surface area contributed by atoms with Crippen LogP contribution in [0.15, 0.2) is 77.7 Å². The van der Waals surface area contributed by atoms with Gasteiger partial charge in [-0.2, -0.15) is 0 Å². The van der Waals surface area contributed by atoms with Crippen molar-refractivity contribution in [3.05, 3.63) is 95.1 Å². The zero-order valence-electron chi connectivity index (χ0n) is 19.2. The molecule has 0 saturated carbocycles. The van der Waals surface area contributed by atoms with Crippen LogP contribution in [0.2, 0.25) is 0 Å². The van der Waals surface area contributed by atoms with E-state index in [4.69, 9.17) is 4.74 Å². The highest BCUT2D eigenvalue weighted by Gasteiger charge is 2.15. The third-order valence-electron chi connectivity index (χ3n) is 4.97. The highest BCUT2D eigenvalue weighted by molar-refractivity contribution is 7.89. The summed E-state index contributed by atoms with van der Waals surface area (Å²) in [6.07, 6.45) is 0. The van der Waals surface area contributed by atoms with Crippen molar-refractivity contribution in [2.45, 2.75) is 25.3 Å². The van der Waals surface area contributed by atoms with Crippen LogP contribution in [0.25, 0.3) is 0 Å². The number of carbonyl (C=O) groups excluding carboxylic acids is 3. The van der Waals surface area contributed by atoms with E-state index in [2.05, 4.69) is 15.6 Å². The van der Waals surface area contributed by atoms with E-state index in [-0.39, 0.29) is 22.8 Å². The molecule has 0 spiro atoms. The van der Waals surface area contributed by atoms with E-state index in [0.29, 0.717) is 29.0 Å². The van der Waals surface area contributed by atoms with Gasteiger partial charge >= 0.3 is 0 Å². The zero-order chi connectivity index (χ0) is 25.4. The van der Waals surface area contributed by atoms with Gasteiger partial charge in [-0.3, -0.25) is 25.2 Å². The van der Waals surface area contributed by atoms with Gasteiger partial charge in [-0.1, -0.05) is 24.3 Å². The Morgan fingerprint density at radius 1 is 0.743 bits per heavy atom. The molecule has 0 fully saturated rings. The maximum absolute atomic E-state index is 12.5. The number of sulfonamides is 1. The SMILES string of the molecule is CCOc1ccc(C(=O)NNC(=O)c2ccc(CNS(=O)(=O)c3ccc(C(C)=O)cc3)cc2)cc1. The Bertz CT molecular complexity index is 1300. The summed E-state index contributed by atoms with van der Waals surface area (Å²) >= 11 is 0. The number of ketones is 1. The number of nitrogens with one attached hydrogen (secondary N) is 3. The molecule has 0 saturated heterocycles. The molecule has 0 aliphatic rings. The summed E-state index contributed by atoms with van der Waals surface area (Å²) in [6.45, 7) is 3.79. The molecule has 0 unspecified atom stereocenters. The van der Waals surface area contributed by atoms with Crippen molar-refractivity contribution in [1.29, 1.82) is 0 Å². The van der Waals surface area contributed by atoms with Crippen molar-refractivity contribution in [3.8, 4) is 5.75 Å². The van der Waals surface area contributed by atoms with E-state index >= 15 is 0 Å². The molecule has 0 aliphatic carbocycles. The number of ether oxygens (including phenoxy) is 1. The topological polar surface area (TPSA) is 131 Å². The molecule has 3 rings (SSSR count). The summed E-state index contributed by atoms with van der Waals surface area (Å²) < 4.78 is 32.7. The number of hydrogen-bond acceptors (Lipinski definition) is 6. The molecule has 182 valence electrons. The predicted molar refractivity (Wildman–Crippen MR) is 129 cm³/mol. The number of rotatable bonds is 9. The molecule has 3 aromatic rings. The van der Waals surface area contributed by atoms with Gasteiger partial charge in [0.05, 0.1) is 11.5 Å². The van der Waals surface area contributed by atoms with Crippen LogP contribution in [0.5, 0.6) is 5.75 Å². The van der Waals surface area contributed by atoms with Crippen LogP contribution in [0.4, 0.5) is 0 Å². The minimum absolute atomic E-state index is 0.00711. The monoisotopic (exact) mass is 495 g/mol. The van der Waals surface area contributed by atoms with Crippen molar-refractivity contribution in [3.63, 3.8) is 0 Å². The number of carbonyl (C=O) groups is 3. The fourth-order valence-corrected chi connectivity index (χ4v) is 4.05. The highest BCUT2D eigenvalue weighted by atomic mass is 32.2. The van der Waals surface area contributed by atoms with Gasteiger partial charge in [-0.25, -0.2) is 13.1 Å². The molecule has 0 atom stereocenters. The van der Waals surface area contributed by atoms with Crippen LogP contribution in [0, 0.1) is 0 Å². The van der Waals surface area contributed by atoms with E-state index in [1.54, 1.807) is 36.4 Å². The van der Waals surface area contributed by atoms with Crippen LogP contribution in [-0.2, 0) is 16.6 Å². The van der Waals surface area contributed by atoms with Gasteiger partial charge in [0, 0.05) is 23.2 Å². The third-order valence-corrected chi connectivity index (χ3v) is 6.39. The Hall–Kier alpha value is -4.02. The van der Waals surface area contributed by atoms with Gasteiger partial charge in [0.1, 0.15) is 5.75 Å². The molecule has 3 N–H and O–H groups in total. The molecule has 0 heterocycles. The first-order valence-corrected chi connectivity index (χ1v) is 12.2. The predicted octanol–water partition coefficient (Wildman–Crippen LogP) is 2.84. The number of hydrogen-bond donors (Lipinski definition) is 3. The van der Waals surface area contributed by atoms with E-state index in [0.717, 1.165) is 0 Å². The van der Waals surface area contributed by atoms with E-state index in [9.17, 15) is 22.8 Å². The second-order valence-corrected chi connectivity index (χ2v) is 9.23. The van der Waals surface area contributed by atoms with Crippen molar-refractivity contribution >= 4 is 27.6 Å². The second kappa shape index (κ2) is 11.4. The van der Waals surface area contributed by atoms with E-state index < -0.39 is 21.8 Å². The van der Waals surface area contributed by atoms with Crippen LogP contribution in [0.3, 0.4) is 0 Å². The Kier molecular flexibility index (Phi) is 8.34. The number of amides is 2. The molecule has 0 aliphatic heterocycles. The molecule has 10 heteroatoms. The first-order valence-electron chi connectivity index (χ1n) is 10.7. The van der Waals surface area contributed by atoms with Gasteiger partial charge in [0.25, 0.3) is 11.8 Å². The second-order valence-electron chi connectivity index (χ2n) is 7.47. The number of hydrazine groups is 1. The van der Waals surface area contributed by atoms with Gasteiger partial charge in [0.2, 0.25) is 10.0 Å². The average molecular weight is 496 g/mol. The molecule has 0 bridgehead atoms. The summed E-state index contributed by atoms with van der Waals surface area (Å²) in [5, 5.41) is 0. The number of benzene rings is 3. The Morgan fingerprint density at radius 2 is 1.23 bits per heavy atom. The lowest BCUT2D eigenvalue weighted by Gasteiger charge is -2.10. The molecule has 0 aromatic heterocycles. The summed E-state index contributed by atoms with van der Waals surface area (Å²) in [5.41, 5.74) is 6.37. The summed E-state index contributed by atoms with van der Waals surface area (Å²) in [5.74, 6) is -0.520. The van der Waals surface area contributed by atoms with Crippen LogP contribution >= 0.6 is 0 Å². The first-order chi connectivity index (χ1) is 16.7. The smallest absolute Gasteiger partial charge is 0.269 e. The van der Waals surface area contributed by atoms with Gasteiger partial charge in [-0.15, -0.1) is 0 Å². The van der Waals surface area contributed by atoms with Gasteiger partial charge in [0.15, 0.2) is 5.78 Å².